The molecule has 7 nitrogen and oxygen atoms in total. The number of rotatable bonds is 5. The Balaban J connectivity index is 1.40. The van der Waals surface area contributed by atoms with Crippen LogP contribution in [0, 0.1) is 0 Å². The SMILES string of the molecule is Nc1ccnc2c(-c3ccc(C(=O)NCCN4CCCCC4)cc3)cnn12. The smallest absolute Gasteiger partial charge is 0.251 e. The molecule has 0 aliphatic carbocycles. The lowest BCUT2D eigenvalue weighted by molar-refractivity contribution is 0.0946. The van der Waals surface area contributed by atoms with Crippen LogP contribution in [0.1, 0.15) is 29.6 Å². The van der Waals surface area contributed by atoms with Crippen LogP contribution in [-0.4, -0.2) is 51.6 Å². The van der Waals surface area contributed by atoms with Gasteiger partial charge in [0.25, 0.3) is 5.91 Å². The number of carbonyl (C=O) groups excluding carboxylic acids is 1. The molecule has 0 bridgehead atoms. The minimum atomic E-state index is -0.0409. The van der Waals surface area contributed by atoms with Crippen LogP contribution in [0.25, 0.3) is 16.8 Å². The highest BCUT2D eigenvalue weighted by Gasteiger charge is 2.12. The molecule has 0 spiro atoms. The summed E-state index contributed by atoms with van der Waals surface area (Å²) < 4.78 is 1.61. The molecule has 2 aromatic heterocycles. The van der Waals surface area contributed by atoms with E-state index in [0.29, 0.717) is 23.6 Å². The summed E-state index contributed by atoms with van der Waals surface area (Å²) in [6.45, 7) is 3.88. The van der Waals surface area contributed by atoms with Crippen molar-refractivity contribution < 1.29 is 4.79 Å². The van der Waals surface area contributed by atoms with Gasteiger partial charge in [-0.15, -0.1) is 0 Å². The number of amides is 1. The van der Waals surface area contributed by atoms with Gasteiger partial charge in [-0.05, 0) is 49.7 Å². The molecule has 3 heterocycles. The van der Waals surface area contributed by atoms with Crippen molar-refractivity contribution in [2.24, 2.45) is 0 Å². The monoisotopic (exact) mass is 364 g/mol. The first-order valence-electron chi connectivity index (χ1n) is 9.41. The average molecular weight is 364 g/mol. The Morgan fingerprint density at radius 1 is 1.11 bits per heavy atom. The number of anilines is 1. The molecule has 3 N–H and O–H groups in total. The molecule has 0 saturated carbocycles. The fraction of sp³-hybridized carbons (Fsp3) is 0.350. The van der Waals surface area contributed by atoms with Crippen molar-refractivity contribution in [3.05, 3.63) is 48.3 Å². The molecule has 1 amide bonds. The van der Waals surface area contributed by atoms with Gasteiger partial charge in [-0.25, -0.2) is 4.98 Å². The van der Waals surface area contributed by atoms with Crippen molar-refractivity contribution in [1.29, 1.82) is 0 Å². The Hall–Kier alpha value is -2.93. The third-order valence-electron chi connectivity index (χ3n) is 5.05. The zero-order valence-corrected chi connectivity index (χ0v) is 15.3. The van der Waals surface area contributed by atoms with Gasteiger partial charge in [0.15, 0.2) is 5.65 Å². The highest BCUT2D eigenvalue weighted by atomic mass is 16.1. The molecule has 140 valence electrons. The van der Waals surface area contributed by atoms with Crippen LogP contribution < -0.4 is 11.1 Å². The standard InChI is InChI=1S/C20H24N6O/c21-18-8-9-22-19-17(14-24-26(18)19)15-4-6-16(7-5-15)20(27)23-10-13-25-11-2-1-3-12-25/h4-9,14H,1-3,10-13,21H2,(H,23,27). The number of hydrogen-bond donors (Lipinski definition) is 2. The van der Waals surface area contributed by atoms with Gasteiger partial charge in [-0.1, -0.05) is 18.6 Å². The minimum absolute atomic E-state index is 0.0409. The maximum Gasteiger partial charge on any atom is 0.251 e. The number of carbonyl (C=O) groups is 1. The van der Waals surface area contributed by atoms with Crippen molar-refractivity contribution in [3.63, 3.8) is 0 Å². The predicted molar refractivity (Wildman–Crippen MR) is 105 cm³/mol. The van der Waals surface area contributed by atoms with E-state index in [2.05, 4.69) is 20.3 Å². The third kappa shape index (κ3) is 3.78. The fourth-order valence-electron chi connectivity index (χ4n) is 3.53. The zero-order valence-electron chi connectivity index (χ0n) is 15.3. The molecule has 7 heteroatoms. The molecule has 1 saturated heterocycles. The summed E-state index contributed by atoms with van der Waals surface area (Å²) in [7, 11) is 0. The second-order valence-electron chi connectivity index (χ2n) is 6.90. The summed E-state index contributed by atoms with van der Waals surface area (Å²) in [5.74, 6) is 0.497. The molecule has 0 unspecified atom stereocenters. The van der Waals surface area contributed by atoms with Crippen LogP contribution in [0.2, 0.25) is 0 Å². The first kappa shape index (κ1) is 17.5. The molecular weight excluding hydrogens is 340 g/mol. The molecule has 0 radical (unpaired) electrons. The highest BCUT2D eigenvalue weighted by molar-refractivity contribution is 5.95. The molecule has 27 heavy (non-hydrogen) atoms. The zero-order chi connectivity index (χ0) is 18.6. The number of aromatic nitrogens is 3. The summed E-state index contributed by atoms with van der Waals surface area (Å²) in [4.78, 5) is 19.1. The largest absolute Gasteiger partial charge is 0.384 e. The Bertz CT molecular complexity index is 927. The van der Waals surface area contributed by atoms with Gasteiger partial charge in [0, 0.05) is 30.4 Å². The Labute approximate surface area is 158 Å². The molecular formula is C20H24N6O. The lowest BCUT2D eigenvalue weighted by Gasteiger charge is -2.26. The number of nitrogens with zero attached hydrogens (tertiary/aromatic N) is 4. The number of nitrogens with one attached hydrogen (secondary N) is 1. The number of fused-ring (bicyclic) bond motifs is 1. The Kier molecular flexibility index (Phi) is 5.02. The molecule has 1 aliphatic heterocycles. The van der Waals surface area contributed by atoms with E-state index in [0.717, 1.165) is 30.8 Å². The molecule has 0 atom stereocenters. The van der Waals surface area contributed by atoms with E-state index in [1.54, 1.807) is 23.0 Å². The Morgan fingerprint density at radius 2 is 1.89 bits per heavy atom. The summed E-state index contributed by atoms with van der Waals surface area (Å²) in [5.41, 5.74) is 9.11. The van der Waals surface area contributed by atoms with Crippen molar-refractivity contribution in [2.45, 2.75) is 19.3 Å². The molecule has 1 aliphatic rings. The number of likely N-dealkylation sites (tertiary alicyclic amines) is 1. The van der Waals surface area contributed by atoms with E-state index in [-0.39, 0.29) is 5.91 Å². The quantitative estimate of drug-likeness (QED) is 0.724. The van der Waals surface area contributed by atoms with Gasteiger partial charge in [0.2, 0.25) is 0 Å². The summed E-state index contributed by atoms with van der Waals surface area (Å²) in [6, 6.07) is 9.21. The van der Waals surface area contributed by atoms with E-state index in [1.807, 2.05) is 24.3 Å². The first-order valence-corrected chi connectivity index (χ1v) is 9.41. The summed E-state index contributed by atoms with van der Waals surface area (Å²) in [6.07, 6.45) is 7.26. The van der Waals surface area contributed by atoms with Gasteiger partial charge in [-0.3, -0.25) is 4.79 Å². The number of piperidine rings is 1. The van der Waals surface area contributed by atoms with Crippen LogP contribution in [-0.2, 0) is 0 Å². The van der Waals surface area contributed by atoms with Crippen LogP contribution in [0.15, 0.2) is 42.7 Å². The number of hydrogen-bond acceptors (Lipinski definition) is 5. The minimum Gasteiger partial charge on any atom is -0.384 e. The lowest BCUT2D eigenvalue weighted by Crippen LogP contribution is -2.37. The van der Waals surface area contributed by atoms with E-state index >= 15 is 0 Å². The van der Waals surface area contributed by atoms with E-state index < -0.39 is 0 Å². The second kappa shape index (κ2) is 7.75. The van der Waals surface area contributed by atoms with Gasteiger partial charge in [-0.2, -0.15) is 9.61 Å². The molecule has 1 fully saturated rings. The van der Waals surface area contributed by atoms with Crippen LogP contribution in [0.3, 0.4) is 0 Å². The van der Waals surface area contributed by atoms with Crippen molar-refractivity contribution in [1.82, 2.24) is 24.8 Å². The summed E-state index contributed by atoms with van der Waals surface area (Å²) in [5, 5.41) is 7.29. The number of benzene rings is 1. The Morgan fingerprint density at radius 3 is 2.67 bits per heavy atom. The fourth-order valence-corrected chi connectivity index (χ4v) is 3.53. The van der Waals surface area contributed by atoms with Gasteiger partial charge < -0.3 is 16.0 Å². The van der Waals surface area contributed by atoms with E-state index in [9.17, 15) is 4.79 Å². The van der Waals surface area contributed by atoms with Gasteiger partial charge in [0.1, 0.15) is 5.82 Å². The highest BCUT2D eigenvalue weighted by Crippen LogP contribution is 2.24. The van der Waals surface area contributed by atoms with Gasteiger partial charge in [0.05, 0.1) is 6.20 Å². The van der Waals surface area contributed by atoms with Crippen molar-refractivity contribution in [2.75, 3.05) is 31.9 Å². The maximum atomic E-state index is 12.4. The molecule has 1 aromatic carbocycles. The maximum absolute atomic E-state index is 12.4. The van der Waals surface area contributed by atoms with Crippen LogP contribution in [0.4, 0.5) is 5.82 Å². The topological polar surface area (TPSA) is 88.5 Å². The van der Waals surface area contributed by atoms with E-state index in [1.165, 1.54) is 19.3 Å². The number of nitrogens with two attached hydrogens (primary N) is 1. The number of nitrogen functional groups attached to an aromatic ring is 1. The van der Waals surface area contributed by atoms with Crippen molar-refractivity contribution >= 4 is 17.4 Å². The predicted octanol–water partition coefficient (Wildman–Crippen LogP) is 2.19. The van der Waals surface area contributed by atoms with E-state index in [4.69, 9.17) is 5.73 Å². The first-order chi connectivity index (χ1) is 13.2. The molecule has 4 rings (SSSR count). The van der Waals surface area contributed by atoms with Crippen LogP contribution in [0.5, 0.6) is 0 Å². The molecule has 3 aromatic rings. The normalized spacial score (nSPS) is 15.1. The second-order valence-corrected chi connectivity index (χ2v) is 6.90. The third-order valence-corrected chi connectivity index (χ3v) is 5.05. The van der Waals surface area contributed by atoms with Crippen LogP contribution >= 0.6 is 0 Å². The van der Waals surface area contributed by atoms with Crippen molar-refractivity contribution in [3.8, 4) is 11.1 Å². The average Bonchev–Trinajstić information content (AvgIpc) is 3.14. The summed E-state index contributed by atoms with van der Waals surface area (Å²) >= 11 is 0. The van der Waals surface area contributed by atoms with Gasteiger partial charge >= 0.3 is 0 Å². The lowest BCUT2D eigenvalue weighted by atomic mass is 10.1.